The van der Waals surface area contributed by atoms with Gasteiger partial charge < -0.3 is 38.2 Å². The van der Waals surface area contributed by atoms with Crippen LogP contribution in [0.15, 0.2) is 237 Å². The minimum atomic E-state index is -1.88. The van der Waals surface area contributed by atoms with E-state index in [1.54, 1.807) is 0 Å². The van der Waals surface area contributed by atoms with Crippen LogP contribution in [0.25, 0.3) is 11.1 Å². The van der Waals surface area contributed by atoms with Gasteiger partial charge >= 0.3 is 240 Å². The van der Waals surface area contributed by atoms with Crippen molar-refractivity contribution in [1.29, 1.82) is 0 Å². The van der Waals surface area contributed by atoms with E-state index in [9.17, 15) is 0 Å². The maximum absolute atomic E-state index is 6.19. The summed E-state index contributed by atoms with van der Waals surface area (Å²) in [5, 5.41) is 4.45. The molecule has 1 radical (unpaired) electrons. The zero-order valence-electron chi connectivity index (χ0n) is 69.9. The number of hydrogen-bond donors (Lipinski definition) is 0. The number of rotatable bonds is 13. The van der Waals surface area contributed by atoms with Crippen molar-refractivity contribution in [3.8, 4) is 0 Å². The quantitative estimate of drug-likeness (QED) is 0.0475. The summed E-state index contributed by atoms with van der Waals surface area (Å²) in [5.41, 5.74) is 20.6. The first-order valence-electron chi connectivity index (χ1n) is 40.9. The Labute approximate surface area is 786 Å². The van der Waals surface area contributed by atoms with Crippen LogP contribution in [0.5, 0.6) is 0 Å². The number of fused-ring (bicyclic) bond motifs is 2. The molecule has 0 bridgehead atoms. The molecule has 7 saturated heterocycles. The van der Waals surface area contributed by atoms with Gasteiger partial charge in [0.15, 0.2) is 24.7 Å². The number of anilines is 2. The summed E-state index contributed by atoms with van der Waals surface area (Å²) in [6.45, 7) is 40.6. The molecule has 0 atom stereocenters. The smallest absolute Gasteiger partial charge is 0.173 e. The molecule has 0 amide bonds. The van der Waals surface area contributed by atoms with Gasteiger partial charge in [-0.05, 0) is 121 Å². The molecule has 123 heavy (non-hydrogen) atoms. The molecule has 7 fully saturated rings. The van der Waals surface area contributed by atoms with E-state index in [1.165, 1.54) is 114 Å². The van der Waals surface area contributed by atoms with Gasteiger partial charge in [-0.15, -0.1) is 17.0 Å². The summed E-state index contributed by atoms with van der Waals surface area (Å²) in [4.78, 5) is 4.81. The predicted molar refractivity (Wildman–Crippen MR) is 540 cm³/mol. The van der Waals surface area contributed by atoms with E-state index in [0.29, 0.717) is 0 Å². The monoisotopic (exact) mass is 2410 g/mol. The van der Waals surface area contributed by atoms with Gasteiger partial charge in [-0.25, -0.2) is 0 Å². The molecule has 673 valence electrons. The number of morpholine rings is 6. The first kappa shape index (κ1) is 104. The minimum Gasteiger partial charge on any atom is -0.378 e. The fourth-order valence-electron chi connectivity index (χ4n) is 16.5. The molecule has 0 unspecified atom stereocenters. The molecular weight excluding hydrogens is 2290 g/mol. The van der Waals surface area contributed by atoms with Crippen LogP contribution in [0.2, 0.25) is 0 Å². The van der Waals surface area contributed by atoms with E-state index in [4.69, 9.17) is 67.2 Å². The zero-order chi connectivity index (χ0) is 83.2. The van der Waals surface area contributed by atoms with Gasteiger partial charge in [0.05, 0.1) is 158 Å². The Morgan fingerprint density at radius 3 is 0.756 bits per heavy atom. The van der Waals surface area contributed by atoms with Crippen molar-refractivity contribution in [3.05, 3.63) is 316 Å². The third-order valence-electron chi connectivity index (χ3n) is 21.6. The van der Waals surface area contributed by atoms with Gasteiger partial charge in [0.25, 0.3) is 0 Å². The number of benzene rings is 9. The molecule has 7 aliphatic heterocycles. The second-order valence-electron chi connectivity index (χ2n) is 29.7. The Morgan fingerprint density at radius 1 is 0.333 bits per heavy atom. The zero-order valence-corrected chi connectivity index (χ0v) is 86.6. The van der Waals surface area contributed by atoms with Crippen LogP contribution < -0.4 is 25.7 Å². The minimum absolute atomic E-state index is 0. The molecule has 9 aliphatic rings. The molecule has 27 heteroatoms. The van der Waals surface area contributed by atoms with Crippen LogP contribution in [-0.4, -0.2) is 207 Å². The summed E-state index contributed by atoms with van der Waals surface area (Å²) >= 11 is -1.67. The van der Waals surface area contributed by atoms with E-state index < -0.39 is 51.7 Å². The number of aryl methyl sites for hydroxylation is 6. The van der Waals surface area contributed by atoms with Crippen LogP contribution >= 0.6 is 111 Å². The van der Waals surface area contributed by atoms with Crippen LogP contribution in [0.4, 0.5) is 11.4 Å². The van der Waals surface area contributed by atoms with E-state index >= 15 is 0 Å². The molecule has 18 rings (SSSR count). The molecule has 14 nitrogen and oxygen atoms in total. The third kappa shape index (κ3) is 29.5. The Kier molecular flexibility index (Phi) is 46.4. The molecule has 9 aromatic rings. The molecule has 0 saturated carbocycles. The van der Waals surface area contributed by atoms with Crippen LogP contribution in [0.1, 0.15) is 81.6 Å². The number of ether oxygens (including phenoxy) is 6. The van der Waals surface area contributed by atoms with E-state index in [0.717, 1.165) is 179 Å². The topological polar surface area (TPSA) is 81.3 Å². The number of nitrogens with zero attached hydrogens (tertiary/aromatic N) is 8. The number of hydrogen-bond acceptors (Lipinski definition) is 15. The molecule has 0 spiro atoms. The first-order chi connectivity index (χ1) is 58.2. The summed E-state index contributed by atoms with van der Waals surface area (Å²) in [6, 6.07) is 79.3. The van der Waals surface area contributed by atoms with Crippen molar-refractivity contribution >= 4 is 157 Å². The van der Waals surface area contributed by atoms with Crippen LogP contribution in [0, 0.1) is 54.5 Å². The average Bonchev–Trinajstić information content (AvgIpc) is 1.64. The standard InChI is InChI=1S/C21H27N2.2C15H10.3C14H21N2O2P.CH2IS.2CH4.BrH.4ClH.Es.2Ru/c1-14-9-16(3)20(17(4)10-14)22-7-8-23(13-22)21-18(5)11-15(2)12-19(21)6;2*1-2-6-12(7-3-1)15-11-10-13-8-4-5-9-14(13)15;3*1-2-4-14(5-3-1)19(15-6-10-17-11-7-15)16-8-12-18-13-9-16;1-3-2;;;;;;;;;;/h9-13H,7-8H2,1-6H3;2*1-9,11H;3*1-5H,6-13H2;1H2;2*1H4;5*1H;;;/q-1;;;;;;-1;;;;;;;;;2*+2/p-1. The molecule has 0 aromatic heterocycles. The van der Waals surface area contributed by atoms with Gasteiger partial charge in [0, 0.05) is 24.5 Å². The van der Waals surface area contributed by atoms with Crippen LogP contribution in [0.3, 0.4) is 0 Å². The fraction of sp³-hybridized carbons (Fsp3) is 0.354. The first-order valence-corrected chi connectivity index (χ1v) is 59.4. The maximum atomic E-state index is 6.19. The summed E-state index contributed by atoms with van der Waals surface area (Å²) in [5.74, 6) is 0. The SMILES string of the molecule is Br.C.C.Cc1cc(C)c(N2[CH-]N(c3c(C)cc(C)cc3C)CC2)c(C)c1.[CH2-]SI.[Cl][Ru]([Cl])=[C]1C=C(c2ccccc2)c2ccccc21.[Cl][Ru]([Cl])=[C]1C=C(c2ccccc2)c2ccccc21.[Es].c1ccc([PH+](N2CCOCC2)N2CCOCC2)cc1.c1ccc([PH+](N2CCOCC2)N2CCOCC2)cc1.c1ccc([PH+](N2CCOCC2)N2CCOCC2)cc1. The molecule has 7 heterocycles. The Morgan fingerprint density at radius 2 is 0.537 bits per heavy atom. The molecule has 2 aliphatic carbocycles. The normalized spacial score (nSPS) is 17.6. The van der Waals surface area contributed by atoms with Crippen molar-refractivity contribution in [2.45, 2.75) is 56.4 Å². The summed E-state index contributed by atoms with van der Waals surface area (Å²) < 4.78 is 51.1. The Balaban J connectivity index is 0.000000181. The number of allylic oxidation sites excluding steroid dienone is 2. The van der Waals surface area contributed by atoms with Crippen LogP contribution in [-0.2, 0) is 55.5 Å². The summed E-state index contributed by atoms with van der Waals surface area (Å²) in [7, 11) is 23.8. The molecular formula is C96H124BrCl4EsIN8O6P3Ru2S+. The Hall–Kier alpha value is -4.42. The second kappa shape index (κ2) is 54.9. The largest absolute Gasteiger partial charge is 0.378 e. The summed E-state index contributed by atoms with van der Waals surface area (Å²) in [6.07, 6.45) is 7.69. The van der Waals surface area contributed by atoms with Crippen molar-refractivity contribution in [3.63, 3.8) is 0 Å². The van der Waals surface area contributed by atoms with Gasteiger partial charge in [0.1, 0.15) is 15.9 Å². The molecule has 9 aromatic carbocycles. The van der Waals surface area contributed by atoms with Crippen molar-refractivity contribution < 1.29 is 55.5 Å². The van der Waals surface area contributed by atoms with Crippen molar-refractivity contribution in [2.75, 3.05) is 181 Å². The predicted octanol–water partition coefficient (Wildman–Crippen LogP) is 20.9. The van der Waals surface area contributed by atoms with Gasteiger partial charge in [0.2, 0.25) is 0 Å². The average molecular weight is 2410 g/mol. The maximum Gasteiger partial charge on any atom is 0.173 e. The van der Waals surface area contributed by atoms with Crippen molar-refractivity contribution in [1.82, 2.24) is 28.0 Å². The van der Waals surface area contributed by atoms with Gasteiger partial charge in [-0.3, -0.25) is 15.2 Å². The second-order valence-corrected chi connectivity index (χ2v) is 50.9. The molecule has 0 N–H and O–H groups in total. The van der Waals surface area contributed by atoms with E-state index in [2.05, 4.69) is 302 Å². The van der Waals surface area contributed by atoms with Crippen molar-refractivity contribution in [2.24, 2.45) is 0 Å². The third-order valence-corrected chi connectivity index (χ3v) is 36.7. The Bertz CT molecular complexity index is 4310. The number of halogens is 6. The van der Waals surface area contributed by atoms with E-state index in [1.807, 2.05) is 48.5 Å². The van der Waals surface area contributed by atoms with Gasteiger partial charge in [-0.1, -0.05) is 105 Å². The van der Waals surface area contributed by atoms with E-state index in [-0.39, 0.29) is 31.8 Å². The fourth-order valence-corrected chi connectivity index (χ4v) is 30.0. The van der Waals surface area contributed by atoms with Gasteiger partial charge in [-0.2, -0.15) is 34.7 Å².